The van der Waals surface area contributed by atoms with Gasteiger partial charge >= 0.3 is 0 Å². The molecule has 2 atom stereocenters. The third kappa shape index (κ3) is 4.38. The van der Waals surface area contributed by atoms with Gasteiger partial charge in [0.1, 0.15) is 5.02 Å². The molecule has 1 unspecified atom stereocenters. The average Bonchev–Trinajstić information content (AvgIpc) is 3.29. The van der Waals surface area contributed by atoms with E-state index in [2.05, 4.69) is 28.4 Å². The highest BCUT2D eigenvalue weighted by molar-refractivity contribution is 6.34. The van der Waals surface area contributed by atoms with Gasteiger partial charge in [-0.25, -0.2) is 0 Å². The topological polar surface area (TPSA) is 99.5 Å². The molecule has 0 spiro atoms. The molecule has 0 aliphatic carbocycles. The average molecular weight is 442 g/mol. The van der Waals surface area contributed by atoms with Gasteiger partial charge in [-0.05, 0) is 43.7 Å². The molecule has 31 heavy (non-hydrogen) atoms. The van der Waals surface area contributed by atoms with E-state index in [1.54, 1.807) is 11.8 Å². The number of nitrogens with one attached hydrogen (secondary N) is 1. The first-order valence-electron chi connectivity index (χ1n) is 10.5. The number of nitrogens with two attached hydrogens (primary N) is 1. The van der Waals surface area contributed by atoms with Crippen LogP contribution in [-0.2, 0) is 0 Å². The Labute approximate surface area is 186 Å². The molecule has 0 bridgehead atoms. The maximum atomic E-state index is 13.2. The van der Waals surface area contributed by atoms with Crippen molar-refractivity contribution in [3.8, 4) is 0 Å². The van der Waals surface area contributed by atoms with Gasteiger partial charge in [0.05, 0.1) is 11.1 Å². The van der Waals surface area contributed by atoms with Crippen LogP contribution in [0.2, 0.25) is 5.02 Å². The Morgan fingerprint density at radius 2 is 1.77 bits per heavy atom. The highest BCUT2D eigenvalue weighted by atomic mass is 35.5. The minimum Gasteiger partial charge on any atom is -0.366 e. The lowest BCUT2D eigenvalue weighted by molar-refractivity contribution is 0.0767. The van der Waals surface area contributed by atoms with Crippen LogP contribution in [0.25, 0.3) is 0 Å². The van der Waals surface area contributed by atoms with E-state index in [-0.39, 0.29) is 22.1 Å². The summed E-state index contributed by atoms with van der Waals surface area (Å²) in [6, 6.07) is 10.3. The van der Waals surface area contributed by atoms with Gasteiger partial charge in [0, 0.05) is 31.9 Å². The van der Waals surface area contributed by atoms with Crippen LogP contribution < -0.4 is 11.3 Å². The number of aromatic amines is 1. The molecule has 2 saturated heterocycles. The minimum atomic E-state index is -0.872. The number of rotatable bonds is 6. The fourth-order valence-corrected chi connectivity index (χ4v) is 5.03. The number of aryl methyl sites for hydroxylation is 1. The minimum absolute atomic E-state index is 0.103. The van der Waals surface area contributed by atoms with Crippen molar-refractivity contribution < 1.29 is 9.59 Å². The second kappa shape index (κ2) is 8.85. The van der Waals surface area contributed by atoms with Crippen LogP contribution in [0.3, 0.4) is 0 Å². The molecule has 1 aromatic heterocycles. The maximum Gasteiger partial charge on any atom is 0.267 e. The summed E-state index contributed by atoms with van der Waals surface area (Å²) in [5.41, 5.74) is 6.27. The number of halogens is 1. The largest absolute Gasteiger partial charge is 0.366 e. The van der Waals surface area contributed by atoms with Crippen molar-refractivity contribution in [1.82, 2.24) is 14.8 Å². The van der Waals surface area contributed by atoms with Crippen molar-refractivity contribution in [2.75, 3.05) is 32.7 Å². The number of likely N-dealkylation sites (tertiary alicyclic amines) is 2. The Morgan fingerprint density at radius 1 is 1.13 bits per heavy atom. The molecule has 2 aliphatic heterocycles. The molecule has 2 amide bonds. The van der Waals surface area contributed by atoms with E-state index in [9.17, 15) is 14.4 Å². The van der Waals surface area contributed by atoms with Crippen molar-refractivity contribution in [2.45, 2.75) is 13.3 Å². The molecule has 1 radical (unpaired) electrons. The highest BCUT2D eigenvalue weighted by Crippen LogP contribution is 2.33. The Bertz CT molecular complexity index is 1040. The molecule has 2 aliphatic rings. The molecule has 0 saturated carbocycles. The quantitative estimate of drug-likeness (QED) is 0.716. The monoisotopic (exact) mass is 441 g/mol. The third-order valence-electron chi connectivity index (χ3n) is 6.28. The lowest BCUT2D eigenvalue weighted by Gasteiger charge is -2.23. The first kappa shape index (κ1) is 21.6. The van der Waals surface area contributed by atoms with E-state index in [4.69, 9.17) is 17.3 Å². The number of hydrogen-bond donors (Lipinski definition) is 2. The van der Waals surface area contributed by atoms with Gasteiger partial charge in [-0.1, -0.05) is 41.9 Å². The number of benzene rings is 1. The van der Waals surface area contributed by atoms with E-state index in [0.29, 0.717) is 30.6 Å². The van der Waals surface area contributed by atoms with Crippen LogP contribution >= 0.6 is 11.6 Å². The Balaban J connectivity index is 1.38. The number of fused-ring (bicyclic) bond motifs is 1. The summed E-state index contributed by atoms with van der Waals surface area (Å²) in [5.74, 6) is -0.377. The molecule has 2 aromatic rings. The summed E-state index contributed by atoms with van der Waals surface area (Å²) >= 11 is 6.00. The van der Waals surface area contributed by atoms with Crippen molar-refractivity contribution in [3.63, 3.8) is 0 Å². The van der Waals surface area contributed by atoms with Crippen LogP contribution in [0.1, 0.15) is 38.4 Å². The fourth-order valence-electron chi connectivity index (χ4n) is 4.80. The molecule has 2 fully saturated rings. The van der Waals surface area contributed by atoms with Crippen molar-refractivity contribution >= 4 is 23.4 Å². The third-order valence-corrected chi connectivity index (χ3v) is 6.64. The number of carbonyl (C=O) groups is 2. The predicted molar refractivity (Wildman–Crippen MR) is 119 cm³/mol. The fraction of sp³-hybridized carbons (Fsp3) is 0.391. The van der Waals surface area contributed by atoms with Gasteiger partial charge < -0.3 is 20.5 Å². The number of hydrogen-bond acceptors (Lipinski definition) is 4. The molecule has 163 valence electrons. The summed E-state index contributed by atoms with van der Waals surface area (Å²) in [6.07, 6.45) is 3.24. The number of aromatic nitrogens is 1. The van der Waals surface area contributed by atoms with Gasteiger partial charge in [-0.3, -0.25) is 14.4 Å². The lowest BCUT2D eigenvalue weighted by atomic mass is 10.0. The Morgan fingerprint density at radius 3 is 2.39 bits per heavy atom. The Hall–Kier alpha value is -2.64. The van der Waals surface area contributed by atoms with E-state index in [0.717, 1.165) is 26.1 Å². The van der Waals surface area contributed by atoms with Crippen LogP contribution in [0.15, 0.2) is 35.1 Å². The van der Waals surface area contributed by atoms with Crippen molar-refractivity contribution in [2.24, 2.45) is 17.6 Å². The van der Waals surface area contributed by atoms with Gasteiger partial charge in [0.15, 0.2) is 0 Å². The van der Waals surface area contributed by atoms with Gasteiger partial charge in [0.2, 0.25) is 0 Å². The second-order valence-corrected chi connectivity index (χ2v) is 8.78. The number of pyridine rings is 1. The molecule has 7 nitrogen and oxygen atoms in total. The second-order valence-electron chi connectivity index (χ2n) is 8.40. The van der Waals surface area contributed by atoms with Gasteiger partial charge in [-0.2, -0.15) is 0 Å². The molecule has 3 heterocycles. The molecule has 1 aromatic carbocycles. The van der Waals surface area contributed by atoms with Crippen molar-refractivity contribution in [3.05, 3.63) is 74.5 Å². The first-order chi connectivity index (χ1) is 14.8. The summed E-state index contributed by atoms with van der Waals surface area (Å²) in [7, 11) is 0. The first-order valence-corrected chi connectivity index (χ1v) is 10.8. The molecule has 8 heteroatoms. The summed E-state index contributed by atoms with van der Waals surface area (Å²) in [5, 5.41) is -0.332. The summed E-state index contributed by atoms with van der Waals surface area (Å²) < 4.78 is 0. The zero-order valence-electron chi connectivity index (χ0n) is 17.4. The van der Waals surface area contributed by atoms with Crippen LogP contribution in [0.4, 0.5) is 0 Å². The number of primary amides is 1. The van der Waals surface area contributed by atoms with Crippen LogP contribution in [-0.4, -0.2) is 59.3 Å². The highest BCUT2D eigenvalue weighted by Gasteiger charge is 2.42. The lowest BCUT2D eigenvalue weighted by Crippen LogP contribution is -2.36. The van der Waals surface area contributed by atoms with Gasteiger partial charge in [-0.15, -0.1) is 0 Å². The molecular formula is C23H26ClN4O3. The number of nitrogens with zero attached hydrogens (tertiary/aromatic N) is 2. The Kier molecular flexibility index (Phi) is 6.16. The SMILES string of the molecule is Cc1[nH]c(=O)c(Cl)c(C(N)=O)c1C(=O)N1CC2CN(CC[CH]c3ccccc3)C[C@H]2C1. The van der Waals surface area contributed by atoms with Crippen molar-refractivity contribution in [1.29, 1.82) is 0 Å². The summed E-state index contributed by atoms with van der Waals surface area (Å²) in [6.45, 7) is 5.72. The number of amides is 2. The molecule has 4 rings (SSSR count). The zero-order valence-corrected chi connectivity index (χ0v) is 18.2. The smallest absolute Gasteiger partial charge is 0.267 e. The van der Waals surface area contributed by atoms with Crippen LogP contribution in [0.5, 0.6) is 0 Å². The zero-order chi connectivity index (χ0) is 22.1. The van der Waals surface area contributed by atoms with E-state index >= 15 is 0 Å². The molecule has 3 N–H and O–H groups in total. The van der Waals surface area contributed by atoms with E-state index in [1.165, 1.54) is 5.56 Å². The van der Waals surface area contributed by atoms with Crippen LogP contribution in [0, 0.1) is 25.2 Å². The number of carbonyl (C=O) groups excluding carboxylic acids is 2. The van der Waals surface area contributed by atoms with Gasteiger partial charge in [0.25, 0.3) is 17.4 Å². The van der Waals surface area contributed by atoms with E-state index in [1.807, 2.05) is 18.2 Å². The standard InChI is InChI=1S/C23H26ClN4O3/c1-14-18(19(21(25)29)20(24)22(30)26-14)23(31)28-12-16-10-27(11-17(16)13-28)9-5-8-15-6-3-2-4-7-15/h2-4,6-8,16-17H,5,9-13H2,1H3,(H2,25,29)(H,26,30)/t16-,17?/m0/s1. The predicted octanol–water partition coefficient (Wildman–Crippen LogP) is 2.08. The summed E-state index contributed by atoms with van der Waals surface area (Å²) in [4.78, 5) is 43.8. The van der Waals surface area contributed by atoms with E-state index < -0.39 is 11.5 Å². The normalized spacial score (nSPS) is 20.8. The molecular weight excluding hydrogens is 416 g/mol. The maximum absolute atomic E-state index is 13.2. The number of H-pyrrole nitrogens is 1.